The van der Waals surface area contributed by atoms with Crippen LogP contribution in [-0.2, 0) is 30.3 Å². The number of hydrogen-bond acceptors (Lipinski definition) is 15. The van der Waals surface area contributed by atoms with Crippen molar-refractivity contribution in [3.8, 4) is 0 Å². The van der Waals surface area contributed by atoms with Crippen molar-refractivity contribution < 1.29 is 48.1 Å². The van der Waals surface area contributed by atoms with Crippen molar-refractivity contribution in [3.63, 3.8) is 0 Å². The molecular formula is C85H92N8O10Si3. The number of fused-ring (bicyclic) bond motifs is 20. The first-order valence-electron chi connectivity index (χ1n) is 37.0. The Kier molecular flexibility index (Phi) is 17.9. The molecule has 0 bridgehead atoms. The highest BCUT2D eigenvalue weighted by Gasteiger charge is 2.61. The number of carbonyl (C=O) groups excluding carboxylic acids is 6. The molecule has 2 N–H and O–H groups in total. The number of hydrogen-bond donors (Lipinski definition) is 2. The molecule has 0 radical (unpaired) electrons. The minimum atomic E-state index is -2.22. The van der Waals surface area contributed by atoms with Gasteiger partial charge in [-0.3, -0.25) is 24.1 Å². The van der Waals surface area contributed by atoms with Crippen LogP contribution in [-0.4, -0.2) is 173 Å². The fraction of sp³-hybridized carbons (Fsp3) is 0.329. The van der Waals surface area contributed by atoms with E-state index in [4.69, 9.17) is 9.47 Å². The van der Waals surface area contributed by atoms with Gasteiger partial charge in [0.2, 0.25) is 0 Å². The van der Waals surface area contributed by atoms with E-state index in [0.717, 1.165) is 85.2 Å². The molecule has 0 saturated carbocycles. The lowest BCUT2D eigenvalue weighted by atomic mass is 9.78. The molecule has 0 unspecified atom stereocenters. The number of ether oxygens (including phenoxy) is 2. The number of esters is 2. The molecule has 18 nitrogen and oxygen atoms in total. The molecule has 8 aromatic carbocycles. The molecule has 0 aliphatic carbocycles. The number of ketones is 1. The second kappa shape index (κ2) is 26.6. The maximum absolute atomic E-state index is 13.7. The number of carbonyl (C=O) groups is 7. The molecule has 106 heavy (non-hydrogen) atoms. The Labute approximate surface area is 623 Å². The number of aromatic carboxylic acids is 1. The zero-order valence-electron chi connectivity index (χ0n) is 62.7. The fourth-order valence-corrected chi connectivity index (χ4v) is 36.0. The SMILES string of the molecule is CN(C)c1ccc2c(c1)[Si]1(CCCC1)c1cc(N(C)C)ccc1C21OC(=O)c2ccc(C(=O)NCCN3C(=O)C=CC3=O)cc21.CN(C)c1ccc2c(c1)[Si]1(CCCC1)c1cc(N(C)C)ccc1C21OC(=O)c2ccc(C(=O)O)cc21.CN(C)c1ccc2c(c1)[Si]1(CCCC1)c1cc(N(C)C)ccc1C2=O. The second-order valence-corrected chi connectivity index (χ2v) is 44.1. The van der Waals surface area contributed by atoms with Crippen LogP contribution in [0.2, 0.25) is 36.3 Å². The molecule has 8 aromatic rings. The molecule has 9 aliphatic rings. The first-order chi connectivity index (χ1) is 50.7. The van der Waals surface area contributed by atoms with E-state index in [1.165, 1.54) is 111 Å². The third kappa shape index (κ3) is 11.1. The van der Waals surface area contributed by atoms with Gasteiger partial charge in [0.25, 0.3) is 17.7 Å². The van der Waals surface area contributed by atoms with Crippen molar-refractivity contribution in [2.75, 3.05) is 127 Å². The van der Waals surface area contributed by atoms with Gasteiger partial charge in [0, 0.05) is 194 Å². The molecule has 3 fully saturated rings. The van der Waals surface area contributed by atoms with Crippen LogP contribution in [0.1, 0.15) is 129 Å². The molecule has 0 atom stereocenters. The topological polar surface area (TPSA) is 193 Å². The molecule has 544 valence electrons. The molecule has 3 saturated heterocycles. The van der Waals surface area contributed by atoms with Crippen molar-refractivity contribution in [2.24, 2.45) is 0 Å². The first-order valence-corrected chi connectivity index (χ1v) is 44.2. The molecule has 17 rings (SSSR count). The monoisotopic (exact) mass is 1470 g/mol. The first kappa shape index (κ1) is 71.3. The van der Waals surface area contributed by atoms with Crippen molar-refractivity contribution in [1.29, 1.82) is 0 Å². The molecule has 3 amide bonds. The van der Waals surface area contributed by atoms with Gasteiger partial charge in [-0.05, 0) is 189 Å². The number of nitrogens with one attached hydrogen (secondary N) is 1. The number of carboxylic acid groups (broad SMARTS) is 1. The number of carboxylic acids is 1. The van der Waals surface area contributed by atoms with Crippen molar-refractivity contribution >= 4 is 131 Å². The number of rotatable bonds is 11. The second-order valence-electron chi connectivity index (χ2n) is 31.3. The number of amides is 3. The minimum Gasteiger partial charge on any atom is -0.478 e. The zero-order valence-corrected chi connectivity index (χ0v) is 65.7. The normalized spacial score (nSPS) is 17.9. The van der Waals surface area contributed by atoms with Gasteiger partial charge >= 0.3 is 17.9 Å². The summed E-state index contributed by atoms with van der Waals surface area (Å²) in [6.45, 7) is 0.179. The average Bonchev–Trinajstić information content (AvgIpc) is 1.41. The Morgan fingerprint density at radius 3 is 1.01 bits per heavy atom. The summed E-state index contributed by atoms with van der Waals surface area (Å²) in [7, 11) is 18.5. The van der Waals surface area contributed by atoms with E-state index in [0.29, 0.717) is 27.8 Å². The Morgan fingerprint density at radius 2 is 0.679 bits per heavy atom. The summed E-state index contributed by atoms with van der Waals surface area (Å²) >= 11 is 0. The zero-order chi connectivity index (χ0) is 74.8. The highest BCUT2D eigenvalue weighted by Crippen LogP contribution is 2.54. The predicted octanol–water partition coefficient (Wildman–Crippen LogP) is 8.98. The van der Waals surface area contributed by atoms with E-state index in [-0.39, 0.29) is 30.3 Å². The highest BCUT2D eigenvalue weighted by molar-refractivity contribution is 7.05. The summed E-state index contributed by atoms with van der Waals surface area (Å²) in [6.07, 6.45) is 9.75. The Morgan fingerprint density at radius 1 is 0.387 bits per heavy atom. The van der Waals surface area contributed by atoms with Gasteiger partial charge in [-0.1, -0.05) is 62.8 Å². The van der Waals surface area contributed by atoms with Crippen LogP contribution in [0.15, 0.2) is 158 Å². The summed E-state index contributed by atoms with van der Waals surface area (Å²) in [6, 6.07) is 56.0. The van der Waals surface area contributed by atoms with Crippen molar-refractivity contribution in [2.45, 2.75) is 86.0 Å². The van der Waals surface area contributed by atoms with Gasteiger partial charge in [-0.15, -0.1) is 0 Å². The molecule has 0 aromatic heterocycles. The highest BCUT2D eigenvalue weighted by atomic mass is 28.3. The number of nitrogens with zero attached hydrogens (tertiary/aromatic N) is 7. The van der Waals surface area contributed by atoms with E-state index < -0.39 is 65.1 Å². The fourth-order valence-electron chi connectivity index (χ4n) is 18.9. The van der Waals surface area contributed by atoms with Crippen molar-refractivity contribution in [3.05, 3.63) is 225 Å². The van der Waals surface area contributed by atoms with Crippen LogP contribution in [0.5, 0.6) is 0 Å². The summed E-state index contributed by atoms with van der Waals surface area (Å²) in [5.74, 6) is -2.76. The van der Waals surface area contributed by atoms with E-state index in [1.807, 2.05) is 56.4 Å². The van der Waals surface area contributed by atoms with Gasteiger partial charge < -0.3 is 49.3 Å². The van der Waals surface area contributed by atoms with Gasteiger partial charge in [0.15, 0.2) is 17.0 Å². The summed E-state index contributed by atoms with van der Waals surface area (Å²) in [5, 5.41) is 20.6. The molecule has 9 heterocycles. The van der Waals surface area contributed by atoms with E-state index in [9.17, 15) is 38.7 Å². The lowest BCUT2D eigenvalue weighted by molar-refractivity contribution is -0.136. The summed E-state index contributed by atoms with van der Waals surface area (Å²) < 4.78 is 13.0. The maximum atomic E-state index is 13.7. The third-order valence-electron chi connectivity index (χ3n) is 24.3. The smallest absolute Gasteiger partial charge is 0.340 e. The molecule has 21 heteroatoms. The van der Waals surface area contributed by atoms with Crippen molar-refractivity contribution in [1.82, 2.24) is 10.2 Å². The lowest BCUT2D eigenvalue weighted by Crippen LogP contribution is -2.65. The van der Waals surface area contributed by atoms with Crippen LogP contribution in [0.4, 0.5) is 34.1 Å². The third-order valence-corrected chi connectivity index (χ3v) is 40.3. The summed E-state index contributed by atoms with van der Waals surface area (Å²) in [4.78, 5) is 103. The number of benzene rings is 8. The number of imide groups is 1. The van der Waals surface area contributed by atoms with Crippen LogP contribution >= 0.6 is 0 Å². The van der Waals surface area contributed by atoms with Crippen LogP contribution in [0.3, 0.4) is 0 Å². The quantitative estimate of drug-likeness (QED) is 0.0708. The van der Waals surface area contributed by atoms with Crippen LogP contribution < -0.4 is 65.8 Å². The molecule has 9 aliphatic heterocycles. The van der Waals surface area contributed by atoms with Gasteiger partial charge in [-0.2, -0.15) is 0 Å². The standard InChI is InChI=1S/C35H36N4O5Si.C29H30N2O4Si.C21H26N2OSi/c1-37(2)23-8-11-26-29(20-23)45(17-5-6-18-45)30-21-24(38(3)4)9-12-27(30)35(26)28-19-22(7-10-25(28)34(43)44-35)33(42)36-15-16-39-31(40)13-14-32(39)41;1-30(2)19-8-11-22-25(16-19)36(13-5-6-14-36)26-17-20(31(3)4)9-12-23(26)29(22)24-15-18(27(32)33)7-10-21(24)28(34)35-29;1-22(2)15-7-9-17-19(13-15)25(11-5-6-12-25)20-14-16(23(3)4)8-10-18(20)21(17)24/h7-14,19-21H,5-6,15-18H2,1-4H3,(H,36,42);7-12,15-17H,5-6,13-14H2,1-4H3,(H,32,33);7-10,13-14H,5-6,11-12H2,1-4H3. The largest absolute Gasteiger partial charge is 0.478 e. The Hall–Kier alpha value is -10.4. The van der Waals surface area contributed by atoms with E-state index in [1.54, 1.807) is 30.3 Å². The number of anilines is 6. The van der Waals surface area contributed by atoms with Crippen LogP contribution in [0, 0.1) is 0 Å². The van der Waals surface area contributed by atoms with E-state index >= 15 is 0 Å². The molecule has 5 spiro atoms. The van der Waals surface area contributed by atoms with Crippen LogP contribution in [0.25, 0.3) is 0 Å². The average molecular weight is 1470 g/mol. The predicted molar refractivity (Wildman–Crippen MR) is 428 cm³/mol. The van der Waals surface area contributed by atoms with Gasteiger partial charge in [-0.25, -0.2) is 14.4 Å². The van der Waals surface area contributed by atoms with Gasteiger partial charge in [0.1, 0.15) is 24.2 Å². The van der Waals surface area contributed by atoms with E-state index in [2.05, 4.69) is 172 Å². The summed E-state index contributed by atoms with van der Waals surface area (Å²) in [5.41, 5.74) is 13.2. The maximum Gasteiger partial charge on any atom is 0.340 e. The lowest BCUT2D eigenvalue weighted by Gasteiger charge is -2.45. The minimum absolute atomic E-state index is 0.0722. The Balaban J connectivity index is 0.000000133. The molecular weight excluding hydrogens is 1380 g/mol. The van der Waals surface area contributed by atoms with Gasteiger partial charge in [0.05, 0.1) is 16.7 Å². The Bertz CT molecular complexity index is 4880.